The number of ether oxygens (including phenoxy) is 1. The highest BCUT2D eigenvalue weighted by Gasteiger charge is 2.33. The molecule has 1 saturated heterocycles. The molecule has 10 nitrogen and oxygen atoms in total. The third-order valence-corrected chi connectivity index (χ3v) is 8.08. The lowest BCUT2D eigenvalue weighted by atomic mass is 10.2. The average molecular weight is 489 g/mol. The number of esters is 1. The lowest BCUT2D eigenvalue weighted by Gasteiger charge is -2.32. The van der Waals surface area contributed by atoms with Crippen molar-refractivity contribution < 1.29 is 27.2 Å². The number of benzene rings is 1. The molecule has 0 spiro atoms. The first-order chi connectivity index (χ1) is 15.8. The summed E-state index contributed by atoms with van der Waals surface area (Å²) in [5.74, 6) is 1.36. The Morgan fingerprint density at radius 1 is 1.27 bits per heavy atom. The van der Waals surface area contributed by atoms with Crippen LogP contribution in [0.2, 0.25) is 0 Å². The lowest BCUT2D eigenvalue weighted by molar-refractivity contribution is 0.0602. The minimum atomic E-state index is -3.85. The predicted octanol–water partition coefficient (Wildman–Crippen LogP) is 1.55. The minimum absolute atomic E-state index is 0.0506. The second-order valence-electron chi connectivity index (χ2n) is 7.06. The van der Waals surface area contributed by atoms with Gasteiger partial charge in [-0.1, -0.05) is 5.92 Å². The number of sulfonamides is 1. The normalized spacial score (nSPS) is 14.7. The smallest absolute Gasteiger partial charge is 0.349 e. The van der Waals surface area contributed by atoms with Crippen molar-refractivity contribution in [3.8, 4) is 12.3 Å². The summed E-state index contributed by atoms with van der Waals surface area (Å²) in [4.78, 5) is 30.3. The van der Waals surface area contributed by atoms with E-state index in [9.17, 15) is 18.0 Å². The van der Waals surface area contributed by atoms with Crippen molar-refractivity contribution >= 4 is 50.4 Å². The Labute approximate surface area is 194 Å². The van der Waals surface area contributed by atoms with Gasteiger partial charge in [0.2, 0.25) is 10.0 Å². The van der Waals surface area contributed by atoms with Crippen LogP contribution in [0, 0.1) is 12.3 Å². The second-order valence-corrected chi connectivity index (χ2v) is 9.88. The van der Waals surface area contributed by atoms with Gasteiger partial charge in [-0.2, -0.15) is 9.29 Å². The van der Waals surface area contributed by atoms with Crippen molar-refractivity contribution in [2.75, 3.05) is 44.7 Å². The fourth-order valence-electron chi connectivity index (χ4n) is 3.43. The molecule has 1 amide bonds. The molecule has 33 heavy (non-hydrogen) atoms. The fourth-order valence-corrected chi connectivity index (χ4v) is 6.16. The third kappa shape index (κ3) is 4.43. The van der Waals surface area contributed by atoms with Gasteiger partial charge in [-0.3, -0.25) is 4.79 Å². The molecule has 1 aliphatic heterocycles. The van der Waals surface area contributed by atoms with Crippen molar-refractivity contribution in [1.82, 2.24) is 14.6 Å². The number of fused-ring (bicyclic) bond motifs is 1. The van der Waals surface area contributed by atoms with E-state index in [0.717, 1.165) is 11.3 Å². The number of oxazole rings is 1. The molecule has 0 atom stereocenters. The van der Waals surface area contributed by atoms with Crippen LogP contribution in [-0.4, -0.2) is 69.4 Å². The fraction of sp³-hybridized carbons (Fsp3) is 0.286. The van der Waals surface area contributed by atoms with Gasteiger partial charge in [-0.05, 0) is 29.6 Å². The Hall–Kier alpha value is -3.40. The first-order valence-corrected chi connectivity index (χ1v) is 12.2. The molecule has 2 aromatic heterocycles. The van der Waals surface area contributed by atoms with Gasteiger partial charge >= 0.3 is 5.97 Å². The molecule has 4 rings (SSSR count). The maximum atomic E-state index is 13.1. The number of hydrogen-bond acceptors (Lipinski definition) is 9. The summed E-state index contributed by atoms with van der Waals surface area (Å²) in [6.07, 6.45) is 5.16. The molecule has 172 valence electrons. The van der Waals surface area contributed by atoms with E-state index >= 15 is 0 Å². The van der Waals surface area contributed by atoms with Crippen molar-refractivity contribution in [2.24, 2.45) is 0 Å². The zero-order valence-electron chi connectivity index (χ0n) is 17.6. The molecule has 0 unspecified atom stereocenters. The SMILES string of the molecule is C#CCNC(=O)c1ccc2oc(N3CCN(S(=O)(=O)c4ccsc4C(=O)OC)CC3)nc2c1. The van der Waals surface area contributed by atoms with Crippen LogP contribution in [0.4, 0.5) is 6.01 Å². The summed E-state index contributed by atoms with van der Waals surface area (Å²) >= 11 is 1.03. The van der Waals surface area contributed by atoms with Gasteiger partial charge in [0, 0.05) is 31.7 Å². The van der Waals surface area contributed by atoms with Gasteiger partial charge in [0.05, 0.1) is 13.7 Å². The minimum Gasteiger partial charge on any atom is -0.465 e. The number of carbonyl (C=O) groups is 2. The van der Waals surface area contributed by atoms with Crippen LogP contribution in [0.1, 0.15) is 20.0 Å². The molecule has 1 N–H and O–H groups in total. The molecule has 12 heteroatoms. The number of thiophene rings is 1. The van der Waals surface area contributed by atoms with Crippen LogP contribution in [0.25, 0.3) is 11.1 Å². The first kappa shape index (κ1) is 22.8. The van der Waals surface area contributed by atoms with Crippen LogP contribution in [-0.2, 0) is 14.8 Å². The van der Waals surface area contributed by atoms with Gasteiger partial charge < -0.3 is 19.4 Å². The van der Waals surface area contributed by atoms with Crippen LogP contribution in [0.3, 0.4) is 0 Å². The van der Waals surface area contributed by atoms with E-state index in [0.29, 0.717) is 35.8 Å². The molecular formula is C21H20N4O6S2. The number of methoxy groups -OCH3 is 1. The Bertz CT molecular complexity index is 1350. The highest BCUT2D eigenvalue weighted by Crippen LogP contribution is 2.28. The highest BCUT2D eigenvalue weighted by atomic mass is 32.2. The van der Waals surface area contributed by atoms with Gasteiger partial charge in [0.15, 0.2) is 5.58 Å². The summed E-state index contributed by atoms with van der Waals surface area (Å²) in [6, 6.07) is 6.64. The standard InChI is InChI=1S/C21H20N4O6S2/c1-3-7-22-19(26)14-4-5-16-15(13-14)23-21(31-16)24-8-10-25(11-9-24)33(28,29)17-6-12-32-18(17)20(27)30-2/h1,4-6,12-13H,7-11H2,2H3,(H,22,26). The molecule has 3 heterocycles. The van der Waals surface area contributed by atoms with Gasteiger partial charge in [0.1, 0.15) is 15.3 Å². The van der Waals surface area contributed by atoms with Crippen LogP contribution in [0.15, 0.2) is 39.0 Å². The van der Waals surface area contributed by atoms with Crippen LogP contribution < -0.4 is 10.2 Å². The maximum Gasteiger partial charge on any atom is 0.349 e. The van der Waals surface area contributed by atoms with E-state index < -0.39 is 16.0 Å². The van der Waals surface area contributed by atoms with Crippen molar-refractivity contribution in [3.63, 3.8) is 0 Å². The molecular weight excluding hydrogens is 468 g/mol. The zero-order chi connectivity index (χ0) is 23.6. The average Bonchev–Trinajstić information content (AvgIpc) is 3.49. The number of hydrogen-bond donors (Lipinski definition) is 1. The van der Waals surface area contributed by atoms with E-state index in [-0.39, 0.29) is 35.3 Å². The summed E-state index contributed by atoms with van der Waals surface area (Å²) in [5.41, 5.74) is 1.43. The van der Waals surface area contributed by atoms with E-state index in [1.807, 2.05) is 4.90 Å². The molecule has 1 aliphatic rings. The van der Waals surface area contributed by atoms with Crippen molar-refractivity contribution in [3.05, 3.63) is 40.1 Å². The van der Waals surface area contributed by atoms with Gasteiger partial charge in [-0.15, -0.1) is 17.8 Å². The predicted molar refractivity (Wildman–Crippen MR) is 122 cm³/mol. The highest BCUT2D eigenvalue weighted by molar-refractivity contribution is 7.89. The number of piperazine rings is 1. The Morgan fingerprint density at radius 2 is 2.03 bits per heavy atom. The molecule has 0 radical (unpaired) electrons. The summed E-state index contributed by atoms with van der Waals surface area (Å²) in [6.45, 7) is 1.20. The summed E-state index contributed by atoms with van der Waals surface area (Å²) in [5, 5.41) is 4.14. The number of amides is 1. The number of anilines is 1. The van der Waals surface area contributed by atoms with E-state index in [1.165, 1.54) is 17.5 Å². The Morgan fingerprint density at radius 3 is 2.73 bits per heavy atom. The molecule has 3 aromatic rings. The first-order valence-electron chi connectivity index (χ1n) is 9.88. The number of rotatable bonds is 6. The lowest BCUT2D eigenvalue weighted by Crippen LogP contribution is -2.48. The number of aromatic nitrogens is 1. The maximum absolute atomic E-state index is 13.1. The number of nitrogens with one attached hydrogen (secondary N) is 1. The zero-order valence-corrected chi connectivity index (χ0v) is 19.2. The number of nitrogens with zero attached hydrogens (tertiary/aromatic N) is 3. The number of terminal acetylenes is 1. The summed E-state index contributed by atoms with van der Waals surface area (Å²) in [7, 11) is -2.64. The molecule has 0 bridgehead atoms. The molecule has 1 aromatic carbocycles. The van der Waals surface area contributed by atoms with Crippen LogP contribution >= 0.6 is 11.3 Å². The van der Waals surface area contributed by atoms with Gasteiger partial charge in [0.25, 0.3) is 11.9 Å². The third-order valence-electron chi connectivity index (χ3n) is 5.12. The summed E-state index contributed by atoms with van der Waals surface area (Å²) < 4.78 is 38.0. The molecule has 1 fully saturated rings. The van der Waals surface area contributed by atoms with Gasteiger partial charge in [-0.25, -0.2) is 13.2 Å². The molecule has 0 saturated carbocycles. The second kappa shape index (κ2) is 9.22. The number of carbonyl (C=O) groups excluding carboxylic acids is 2. The Balaban J connectivity index is 1.48. The van der Waals surface area contributed by atoms with E-state index in [4.69, 9.17) is 10.8 Å². The van der Waals surface area contributed by atoms with E-state index in [1.54, 1.807) is 23.6 Å². The topological polar surface area (TPSA) is 122 Å². The quantitative estimate of drug-likeness (QED) is 0.410. The molecule has 0 aliphatic carbocycles. The van der Waals surface area contributed by atoms with E-state index in [2.05, 4.69) is 21.0 Å². The Kier molecular flexibility index (Phi) is 6.37. The van der Waals surface area contributed by atoms with Crippen molar-refractivity contribution in [1.29, 1.82) is 0 Å². The monoisotopic (exact) mass is 488 g/mol. The van der Waals surface area contributed by atoms with Crippen molar-refractivity contribution in [2.45, 2.75) is 4.90 Å². The van der Waals surface area contributed by atoms with Crippen LogP contribution in [0.5, 0.6) is 0 Å². The largest absolute Gasteiger partial charge is 0.465 e.